The first-order valence-electron chi connectivity index (χ1n) is 7.33. The SMILES string of the molecule is NCC1(C(=O)NCCC2C(=O)C=CC2=O)CCCCC1. The molecule has 1 saturated carbocycles. The number of allylic oxidation sites excluding steroid dienone is 2. The monoisotopic (exact) mass is 278 g/mol. The largest absolute Gasteiger partial charge is 0.356 e. The summed E-state index contributed by atoms with van der Waals surface area (Å²) in [6.45, 7) is 0.714. The maximum absolute atomic E-state index is 12.3. The van der Waals surface area contributed by atoms with E-state index in [2.05, 4.69) is 5.32 Å². The number of nitrogens with two attached hydrogens (primary N) is 1. The second-order valence-corrected chi connectivity index (χ2v) is 5.78. The summed E-state index contributed by atoms with van der Waals surface area (Å²) in [5, 5.41) is 2.86. The molecule has 20 heavy (non-hydrogen) atoms. The van der Waals surface area contributed by atoms with Crippen molar-refractivity contribution in [3.63, 3.8) is 0 Å². The van der Waals surface area contributed by atoms with Crippen LogP contribution >= 0.6 is 0 Å². The van der Waals surface area contributed by atoms with Gasteiger partial charge in [-0.25, -0.2) is 0 Å². The van der Waals surface area contributed by atoms with E-state index in [0.717, 1.165) is 32.1 Å². The quantitative estimate of drug-likeness (QED) is 0.725. The second-order valence-electron chi connectivity index (χ2n) is 5.78. The number of carbonyl (C=O) groups is 3. The van der Waals surface area contributed by atoms with Crippen LogP contribution in [0.5, 0.6) is 0 Å². The van der Waals surface area contributed by atoms with E-state index in [4.69, 9.17) is 5.73 Å². The molecule has 0 aromatic carbocycles. The van der Waals surface area contributed by atoms with E-state index in [9.17, 15) is 14.4 Å². The molecule has 0 aromatic heterocycles. The molecule has 1 fully saturated rings. The van der Waals surface area contributed by atoms with Gasteiger partial charge in [-0.05, 0) is 31.4 Å². The zero-order valence-electron chi connectivity index (χ0n) is 11.7. The van der Waals surface area contributed by atoms with Gasteiger partial charge in [0.25, 0.3) is 0 Å². The second kappa shape index (κ2) is 6.31. The van der Waals surface area contributed by atoms with Gasteiger partial charge in [0.05, 0.1) is 11.3 Å². The molecule has 5 nitrogen and oxygen atoms in total. The van der Waals surface area contributed by atoms with Crippen molar-refractivity contribution in [2.24, 2.45) is 17.1 Å². The van der Waals surface area contributed by atoms with E-state index in [1.807, 2.05) is 0 Å². The van der Waals surface area contributed by atoms with Gasteiger partial charge in [0.2, 0.25) is 5.91 Å². The first-order valence-corrected chi connectivity index (χ1v) is 7.33. The highest BCUT2D eigenvalue weighted by Crippen LogP contribution is 2.35. The summed E-state index contributed by atoms with van der Waals surface area (Å²) in [5.41, 5.74) is 5.35. The molecular formula is C15H22N2O3. The molecule has 0 spiro atoms. The third kappa shape index (κ3) is 2.98. The van der Waals surface area contributed by atoms with Gasteiger partial charge in [0, 0.05) is 13.1 Å². The smallest absolute Gasteiger partial charge is 0.227 e. The number of nitrogens with one attached hydrogen (secondary N) is 1. The number of hydrogen-bond acceptors (Lipinski definition) is 4. The molecule has 0 heterocycles. The van der Waals surface area contributed by atoms with E-state index in [1.165, 1.54) is 12.2 Å². The minimum Gasteiger partial charge on any atom is -0.356 e. The zero-order chi connectivity index (χ0) is 14.6. The molecule has 0 saturated heterocycles. The van der Waals surface area contributed by atoms with Crippen LogP contribution in [0, 0.1) is 11.3 Å². The molecule has 2 aliphatic rings. The molecule has 2 rings (SSSR count). The van der Waals surface area contributed by atoms with Crippen LogP contribution in [-0.4, -0.2) is 30.6 Å². The van der Waals surface area contributed by atoms with Gasteiger partial charge in [0.15, 0.2) is 11.6 Å². The van der Waals surface area contributed by atoms with Crippen LogP contribution < -0.4 is 11.1 Å². The molecule has 3 N–H and O–H groups in total. The number of ketones is 2. The Morgan fingerprint density at radius 1 is 1.20 bits per heavy atom. The summed E-state index contributed by atoms with van der Waals surface area (Å²) >= 11 is 0. The van der Waals surface area contributed by atoms with Crippen LogP contribution in [0.1, 0.15) is 38.5 Å². The fourth-order valence-electron chi connectivity index (χ4n) is 3.09. The van der Waals surface area contributed by atoms with Crippen LogP contribution in [-0.2, 0) is 14.4 Å². The van der Waals surface area contributed by atoms with Gasteiger partial charge < -0.3 is 11.1 Å². The Balaban J connectivity index is 1.82. The van der Waals surface area contributed by atoms with Crippen LogP contribution in [0.4, 0.5) is 0 Å². The van der Waals surface area contributed by atoms with E-state index >= 15 is 0 Å². The van der Waals surface area contributed by atoms with E-state index < -0.39 is 11.3 Å². The summed E-state index contributed by atoms with van der Waals surface area (Å²) in [6.07, 6.45) is 7.90. The summed E-state index contributed by atoms with van der Waals surface area (Å²) in [5.74, 6) is -0.938. The van der Waals surface area contributed by atoms with Gasteiger partial charge in [-0.15, -0.1) is 0 Å². The van der Waals surface area contributed by atoms with Crippen molar-refractivity contribution in [1.29, 1.82) is 0 Å². The molecule has 5 heteroatoms. The van der Waals surface area contributed by atoms with Crippen LogP contribution in [0.15, 0.2) is 12.2 Å². The highest BCUT2D eigenvalue weighted by Gasteiger charge is 2.38. The lowest BCUT2D eigenvalue weighted by molar-refractivity contribution is -0.133. The Morgan fingerprint density at radius 3 is 2.35 bits per heavy atom. The summed E-state index contributed by atoms with van der Waals surface area (Å²) in [4.78, 5) is 35.2. The Kier molecular flexibility index (Phi) is 4.70. The van der Waals surface area contributed by atoms with E-state index in [0.29, 0.717) is 19.5 Å². The van der Waals surface area contributed by atoms with Crippen molar-refractivity contribution in [3.8, 4) is 0 Å². The lowest BCUT2D eigenvalue weighted by Gasteiger charge is -2.34. The van der Waals surface area contributed by atoms with Gasteiger partial charge in [-0.1, -0.05) is 19.3 Å². The third-order valence-corrected chi connectivity index (χ3v) is 4.50. The lowest BCUT2D eigenvalue weighted by atomic mass is 9.73. The average Bonchev–Trinajstić information content (AvgIpc) is 2.79. The number of carbonyl (C=O) groups excluding carboxylic acids is 3. The molecule has 0 atom stereocenters. The molecule has 0 unspecified atom stereocenters. The minimum atomic E-state index is -0.601. The molecular weight excluding hydrogens is 256 g/mol. The summed E-state index contributed by atoms with van der Waals surface area (Å²) in [6, 6.07) is 0. The normalized spacial score (nSPS) is 22.2. The highest BCUT2D eigenvalue weighted by molar-refractivity contribution is 6.18. The van der Waals surface area contributed by atoms with Gasteiger partial charge in [-0.2, -0.15) is 0 Å². The van der Waals surface area contributed by atoms with Crippen molar-refractivity contribution in [3.05, 3.63) is 12.2 Å². The molecule has 0 aliphatic heterocycles. The minimum absolute atomic E-state index is 0.0226. The molecule has 110 valence electrons. The predicted octanol–water partition coefficient (Wildman–Crippen LogP) is 0.726. The standard InChI is InChI=1S/C15H22N2O3/c16-10-15(7-2-1-3-8-15)14(20)17-9-6-11-12(18)4-5-13(11)19/h4-5,11H,1-3,6-10,16H2,(H,17,20). The summed E-state index contributed by atoms with van der Waals surface area (Å²) in [7, 11) is 0. The molecule has 0 radical (unpaired) electrons. The Labute approximate surface area is 119 Å². The number of rotatable bonds is 5. The Morgan fingerprint density at radius 2 is 1.80 bits per heavy atom. The van der Waals surface area contributed by atoms with Crippen molar-refractivity contribution in [2.75, 3.05) is 13.1 Å². The molecule has 0 aromatic rings. The van der Waals surface area contributed by atoms with Crippen molar-refractivity contribution < 1.29 is 14.4 Å². The first-order chi connectivity index (χ1) is 9.59. The third-order valence-electron chi connectivity index (χ3n) is 4.50. The van der Waals surface area contributed by atoms with Crippen molar-refractivity contribution in [1.82, 2.24) is 5.32 Å². The topological polar surface area (TPSA) is 89.3 Å². The number of hydrogen-bond donors (Lipinski definition) is 2. The Hall–Kier alpha value is -1.49. The van der Waals surface area contributed by atoms with E-state index in [-0.39, 0.29) is 17.5 Å². The van der Waals surface area contributed by atoms with Gasteiger partial charge >= 0.3 is 0 Å². The van der Waals surface area contributed by atoms with Gasteiger partial charge in [-0.3, -0.25) is 14.4 Å². The maximum Gasteiger partial charge on any atom is 0.227 e. The van der Waals surface area contributed by atoms with Crippen LogP contribution in [0.3, 0.4) is 0 Å². The van der Waals surface area contributed by atoms with Crippen LogP contribution in [0.2, 0.25) is 0 Å². The zero-order valence-corrected chi connectivity index (χ0v) is 11.7. The van der Waals surface area contributed by atoms with Crippen LogP contribution in [0.25, 0.3) is 0 Å². The average molecular weight is 278 g/mol. The highest BCUT2D eigenvalue weighted by atomic mass is 16.2. The maximum atomic E-state index is 12.3. The van der Waals surface area contributed by atoms with Crippen molar-refractivity contribution >= 4 is 17.5 Å². The lowest BCUT2D eigenvalue weighted by Crippen LogP contribution is -2.47. The van der Waals surface area contributed by atoms with Crippen molar-refractivity contribution in [2.45, 2.75) is 38.5 Å². The van der Waals surface area contributed by atoms with Gasteiger partial charge in [0.1, 0.15) is 0 Å². The molecule has 2 aliphatic carbocycles. The molecule has 0 bridgehead atoms. The first kappa shape index (κ1) is 14.9. The van der Waals surface area contributed by atoms with E-state index in [1.54, 1.807) is 0 Å². The molecule has 1 amide bonds. The Bertz CT molecular complexity index is 418. The predicted molar refractivity (Wildman–Crippen MR) is 74.8 cm³/mol. The fourth-order valence-corrected chi connectivity index (χ4v) is 3.09. The number of amides is 1. The summed E-state index contributed by atoms with van der Waals surface area (Å²) < 4.78 is 0. The fraction of sp³-hybridized carbons (Fsp3) is 0.667.